The first kappa shape index (κ1) is 16.9. The Balaban J connectivity index is 2.51. The smallest absolute Gasteiger partial charge is 0.147 e. The minimum Gasteiger partial charge on any atom is -0.314 e. The zero-order valence-electron chi connectivity index (χ0n) is 12.7. The van der Waals surface area contributed by atoms with Gasteiger partial charge in [0.2, 0.25) is 0 Å². The van der Waals surface area contributed by atoms with E-state index in [2.05, 4.69) is 36.1 Å². The molecular weight excluding hydrogens is 262 g/mol. The normalized spacial score (nSPS) is 24.5. The molecule has 2 atom stereocenters. The highest BCUT2D eigenvalue weighted by Crippen LogP contribution is 2.14. The van der Waals surface area contributed by atoms with Gasteiger partial charge in [-0.15, -0.1) is 0 Å². The molecule has 2 unspecified atom stereocenters. The maximum atomic E-state index is 11.3. The van der Waals surface area contributed by atoms with Crippen LogP contribution in [0.3, 0.4) is 0 Å². The van der Waals surface area contributed by atoms with Crippen molar-refractivity contribution in [2.45, 2.75) is 31.8 Å². The average Bonchev–Trinajstić information content (AvgIpc) is 2.30. The molecule has 0 aromatic heterocycles. The Morgan fingerprint density at radius 2 is 2.00 bits per heavy atom. The molecule has 1 rings (SSSR count). The number of nitrogens with one attached hydrogen (secondary N) is 1. The molecule has 1 aliphatic heterocycles. The Morgan fingerprint density at radius 3 is 2.58 bits per heavy atom. The third kappa shape index (κ3) is 6.70. The molecule has 0 aliphatic carbocycles. The van der Waals surface area contributed by atoms with Crippen molar-refractivity contribution in [3.63, 3.8) is 0 Å². The Hall–Kier alpha value is -0.170. The van der Waals surface area contributed by atoms with Crippen LogP contribution >= 0.6 is 0 Å². The van der Waals surface area contributed by atoms with Crippen molar-refractivity contribution >= 4 is 9.84 Å². The summed E-state index contributed by atoms with van der Waals surface area (Å²) in [5.74, 6) is 0.275. The van der Waals surface area contributed by atoms with E-state index >= 15 is 0 Å². The Bertz CT molecular complexity index is 359. The molecule has 0 bridgehead atoms. The lowest BCUT2D eigenvalue weighted by atomic mass is 10.0. The summed E-state index contributed by atoms with van der Waals surface area (Å²) in [6.07, 6.45) is 3.04. The second-order valence-corrected chi connectivity index (χ2v) is 8.07. The van der Waals surface area contributed by atoms with Crippen molar-refractivity contribution in [1.29, 1.82) is 0 Å². The largest absolute Gasteiger partial charge is 0.314 e. The SMILES string of the molecule is CCNC(CCS(C)(=O)=O)CC1CN(C)CCN1C. The van der Waals surface area contributed by atoms with Gasteiger partial charge in [-0.1, -0.05) is 6.92 Å². The molecular formula is C13H29N3O2S. The van der Waals surface area contributed by atoms with Crippen LogP contribution in [0.1, 0.15) is 19.8 Å². The molecule has 1 saturated heterocycles. The summed E-state index contributed by atoms with van der Waals surface area (Å²) < 4.78 is 22.6. The molecule has 0 aromatic rings. The molecule has 1 aliphatic rings. The highest BCUT2D eigenvalue weighted by molar-refractivity contribution is 7.90. The Kier molecular flexibility index (Phi) is 6.73. The maximum Gasteiger partial charge on any atom is 0.147 e. The lowest BCUT2D eigenvalue weighted by Gasteiger charge is -2.39. The predicted molar refractivity (Wildman–Crippen MR) is 80.3 cm³/mol. The lowest BCUT2D eigenvalue weighted by molar-refractivity contribution is 0.101. The van der Waals surface area contributed by atoms with Crippen LogP contribution in [0.15, 0.2) is 0 Å². The minimum atomic E-state index is -2.87. The summed E-state index contributed by atoms with van der Waals surface area (Å²) in [6.45, 7) is 6.23. The van der Waals surface area contributed by atoms with Crippen molar-refractivity contribution in [3.05, 3.63) is 0 Å². The topological polar surface area (TPSA) is 52.7 Å². The summed E-state index contributed by atoms with van der Waals surface area (Å²) in [7, 11) is 1.45. The summed E-state index contributed by atoms with van der Waals surface area (Å²) in [5.41, 5.74) is 0. The van der Waals surface area contributed by atoms with Crippen LogP contribution in [0.5, 0.6) is 0 Å². The van der Waals surface area contributed by atoms with Gasteiger partial charge in [-0.05, 0) is 33.5 Å². The summed E-state index contributed by atoms with van der Waals surface area (Å²) in [4.78, 5) is 4.75. The van der Waals surface area contributed by atoms with Gasteiger partial charge in [-0.25, -0.2) is 8.42 Å². The van der Waals surface area contributed by atoms with E-state index in [0.29, 0.717) is 18.5 Å². The summed E-state index contributed by atoms with van der Waals surface area (Å²) in [5, 5.41) is 3.43. The van der Waals surface area contributed by atoms with E-state index < -0.39 is 9.84 Å². The second kappa shape index (κ2) is 7.57. The standard InChI is InChI=1S/C13H29N3O2S/c1-5-14-12(6-9-19(4,17)18)10-13-11-15(2)7-8-16(13)3/h12-14H,5-11H2,1-4H3. The van der Waals surface area contributed by atoms with E-state index in [0.717, 1.165) is 32.6 Å². The Morgan fingerprint density at radius 1 is 1.32 bits per heavy atom. The van der Waals surface area contributed by atoms with Gasteiger partial charge in [-0.3, -0.25) is 0 Å². The third-order valence-electron chi connectivity index (χ3n) is 3.87. The van der Waals surface area contributed by atoms with E-state index in [-0.39, 0.29) is 5.75 Å². The number of piperazine rings is 1. The molecule has 0 aromatic carbocycles. The fraction of sp³-hybridized carbons (Fsp3) is 1.00. The van der Waals surface area contributed by atoms with Crippen LogP contribution in [0.2, 0.25) is 0 Å². The molecule has 0 radical (unpaired) electrons. The lowest BCUT2D eigenvalue weighted by Crippen LogP contribution is -2.52. The molecule has 19 heavy (non-hydrogen) atoms. The van der Waals surface area contributed by atoms with Gasteiger partial charge in [-0.2, -0.15) is 0 Å². The highest BCUT2D eigenvalue weighted by atomic mass is 32.2. The number of rotatable bonds is 7. The zero-order chi connectivity index (χ0) is 14.5. The van der Waals surface area contributed by atoms with E-state index in [1.54, 1.807) is 0 Å². The van der Waals surface area contributed by atoms with E-state index in [4.69, 9.17) is 0 Å². The van der Waals surface area contributed by atoms with Crippen LogP contribution < -0.4 is 5.32 Å². The molecule has 1 N–H and O–H groups in total. The molecule has 1 heterocycles. The predicted octanol–water partition coefficient (Wildman–Crippen LogP) is 0.0351. The van der Waals surface area contributed by atoms with Crippen molar-refractivity contribution in [3.8, 4) is 0 Å². The fourth-order valence-electron chi connectivity index (χ4n) is 2.63. The third-order valence-corrected chi connectivity index (χ3v) is 4.84. The number of hydrogen-bond acceptors (Lipinski definition) is 5. The van der Waals surface area contributed by atoms with Crippen LogP contribution in [0.4, 0.5) is 0 Å². The van der Waals surface area contributed by atoms with Crippen LogP contribution in [0.25, 0.3) is 0 Å². The van der Waals surface area contributed by atoms with Crippen LogP contribution in [-0.2, 0) is 9.84 Å². The molecule has 6 heteroatoms. The number of hydrogen-bond donors (Lipinski definition) is 1. The van der Waals surface area contributed by atoms with Gasteiger partial charge < -0.3 is 15.1 Å². The quantitative estimate of drug-likeness (QED) is 0.717. The molecule has 0 amide bonds. The average molecular weight is 291 g/mol. The first-order valence-electron chi connectivity index (χ1n) is 7.11. The van der Waals surface area contributed by atoms with Gasteiger partial charge >= 0.3 is 0 Å². The first-order chi connectivity index (χ1) is 8.81. The zero-order valence-corrected chi connectivity index (χ0v) is 13.5. The highest BCUT2D eigenvalue weighted by Gasteiger charge is 2.25. The van der Waals surface area contributed by atoms with E-state index in [1.807, 2.05) is 0 Å². The van der Waals surface area contributed by atoms with Gasteiger partial charge in [0, 0.05) is 38.0 Å². The van der Waals surface area contributed by atoms with Crippen molar-refractivity contribution in [1.82, 2.24) is 15.1 Å². The second-order valence-electron chi connectivity index (χ2n) is 5.81. The van der Waals surface area contributed by atoms with E-state index in [9.17, 15) is 8.42 Å². The number of nitrogens with zero attached hydrogens (tertiary/aromatic N) is 2. The molecule has 1 fully saturated rings. The summed E-state index contributed by atoms with van der Waals surface area (Å²) >= 11 is 0. The van der Waals surface area contributed by atoms with Gasteiger partial charge in [0.05, 0.1) is 5.75 Å². The Labute approximate surface area is 118 Å². The molecule has 0 saturated carbocycles. The first-order valence-corrected chi connectivity index (χ1v) is 9.17. The number of likely N-dealkylation sites (N-methyl/N-ethyl adjacent to an activating group) is 2. The number of sulfone groups is 1. The molecule has 0 spiro atoms. The van der Waals surface area contributed by atoms with Gasteiger partial charge in [0.15, 0.2) is 0 Å². The van der Waals surface area contributed by atoms with Crippen molar-refractivity contribution in [2.75, 3.05) is 52.3 Å². The monoisotopic (exact) mass is 291 g/mol. The van der Waals surface area contributed by atoms with E-state index in [1.165, 1.54) is 6.26 Å². The maximum absolute atomic E-state index is 11.3. The van der Waals surface area contributed by atoms with Crippen molar-refractivity contribution in [2.24, 2.45) is 0 Å². The van der Waals surface area contributed by atoms with Crippen LogP contribution in [0, 0.1) is 0 Å². The van der Waals surface area contributed by atoms with Gasteiger partial charge in [0.25, 0.3) is 0 Å². The van der Waals surface area contributed by atoms with Crippen molar-refractivity contribution < 1.29 is 8.42 Å². The summed E-state index contributed by atoms with van der Waals surface area (Å²) in [6, 6.07) is 0.807. The minimum absolute atomic E-state index is 0.275. The van der Waals surface area contributed by atoms with Gasteiger partial charge in [0.1, 0.15) is 9.84 Å². The molecule has 5 nitrogen and oxygen atoms in total. The fourth-order valence-corrected chi connectivity index (χ4v) is 3.35. The van der Waals surface area contributed by atoms with Crippen LogP contribution in [-0.4, -0.2) is 82.6 Å². The molecule has 114 valence electrons.